The number of benzene rings is 3. The van der Waals surface area contributed by atoms with E-state index in [4.69, 9.17) is 0 Å². The third kappa shape index (κ3) is 5.54. The fourth-order valence-corrected chi connectivity index (χ4v) is 5.46. The number of sulfone groups is 1. The van der Waals surface area contributed by atoms with Gasteiger partial charge in [-0.05, 0) is 55.3 Å². The number of nitrogens with zero attached hydrogens (tertiary/aromatic N) is 1. The Balaban J connectivity index is 2.05. The number of nitriles is 1. The molecule has 3 rings (SSSR count). The first-order valence-corrected chi connectivity index (χ1v) is 11.9. The zero-order chi connectivity index (χ0) is 22.4. The average Bonchev–Trinajstić information content (AvgIpc) is 2.75. The summed E-state index contributed by atoms with van der Waals surface area (Å²) in [5.41, 5.74) is 3.52. The van der Waals surface area contributed by atoms with Crippen molar-refractivity contribution in [2.75, 3.05) is 5.32 Å². The van der Waals surface area contributed by atoms with E-state index in [1.54, 1.807) is 30.3 Å². The maximum atomic E-state index is 13.2. The molecule has 31 heavy (non-hydrogen) atoms. The number of nitrogens with one attached hydrogen (secondary N) is 1. The molecule has 7 heteroatoms. The van der Waals surface area contributed by atoms with Crippen LogP contribution < -0.4 is 5.32 Å². The van der Waals surface area contributed by atoms with Gasteiger partial charge in [-0.2, -0.15) is 5.26 Å². The summed E-state index contributed by atoms with van der Waals surface area (Å²) < 4.78 is 39.6. The molecule has 0 atom stereocenters. The molecule has 0 aliphatic heterocycles. The average molecular weight is 453 g/mol. The van der Waals surface area contributed by atoms with Crippen molar-refractivity contribution in [2.45, 2.75) is 24.5 Å². The standard InChI is InChI=1S/C24H21FN2O2S2/c1-17-8-13-22(18(2)14-17)27-24(30-16-19-9-11-20(25)12-10-19)23(15-26)31(28,29)21-6-4-3-5-7-21/h3-14,27H,16H2,1-2H3. The molecule has 0 saturated heterocycles. The number of rotatable bonds is 7. The lowest BCUT2D eigenvalue weighted by Gasteiger charge is -2.16. The predicted molar refractivity (Wildman–Crippen MR) is 124 cm³/mol. The van der Waals surface area contributed by atoms with Crippen LogP contribution in [0.25, 0.3) is 0 Å². The molecule has 0 bridgehead atoms. The summed E-state index contributed by atoms with van der Waals surface area (Å²) in [6.07, 6.45) is 0. The van der Waals surface area contributed by atoms with Crippen LogP contribution in [0.4, 0.5) is 10.1 Å². The maximum Gasteiger partial charge on any atom is 0.219 e. The minimum Gasteiger partial charge on any atom is -0.348 e. The molecule has 0 aliphatic rings. The number of allylic oxidation sites excluding steroid dienone is 1. The molecular weight excluding hydrogens is 431 g/mol. The topological polar surface area (TPSA) is 70.0 Å². The molecule has 3 aromatic rings. The maximum absolute atomic E-state index is 13.2. The largest absolute Gasteiger partial charge is 0.348 e. The fourth-order valence-electron chi connectivity index (χ4n) is 2.92. The van der Waals surface area contributed by atoms with Crippen molar-refractivity contribution in [1.82, 2.24) is 0 Å². The lowest BCUT2D eigenvalue weighted by atomic mass is 10.1. The van der Waals surface area contributed by atoms with Crippen molar-refractivity contribution in [1.29, 1.82) is 5.26 Å². The molecule has 0 spiro atoms. The Morgan fingerprint density at radius 3 is 2.32 bits per heavy atom. The van der Waals surface area contributed by atoms with Gasteiger partial charge in [-0.15, -0.1) is 11.8 Å². The minimum atomic E-state index is -4.03. The number of hydrogen-bond acceptors (Lipinski definition) is 5. The van der Waals surface area contributed by atoms with Gasteiger partial charge in [0.1, 0.15) is 16.9 Å². The third-order valence-electron chi connectivity index (χ3n) is 4.56. The van der Waals surface area contributed by atoms with Gasteiger partial charge in [0.2, 0.25) is 9.84 Å². The molecule has 3 aromatic carbocycles. The quantitative estimate of drug-likeness (QED) is 0.448. The van der Waals surface area contributed by atoms with E-state index in [0.717, 1.165) is 16.7 Å². The molecule has 0 unspecified atom stereocenters. The first-order chi connectivity index (χ1) is 14.8. The van der Waals surface area contributed by atoms with E-state index in [1.807, 2.05) is 38.1 Å². The highest BCUT2D eigenvalue weighted by atomic mass is 32.2. The number of halogens is 1. The molecule has 0 fully saturated rings. The van der Waals surface area contributed by atoms with E-state index in [0.29, 0.717) is 11.4 Å². The van der Waals surface area contributed by atoms with Crippen molar-refractivity contribution in [3.8, 4) is 6.07 Å². The second-order valence-corrected chi connectivity index (χ2v) is 9.82. The number of hydrogen-bond donors (Lipinski definition) is 1. The summed E-state index contributed by atoms with van der Waals surface area (Å²) in [7, 11) is -4.03. The van der Waals surface area contributed by atoms with Gasteiger partial charge in [-0.25, -0.2) is 12.8 Å². The third-order valence-corrected chi connectivity index (χ3v) is 7.48. The van der Waals surface area contributed by atoms with Crippen molar-refractivity contribution in [3.63, 3.8) is 0 Å². The summed E-state index contributed by atoms with van der Waals surface area (Å²) in [6, 6.07) is 21.5. The number of anilines is 1. The smallest absolute Gasteiger partial charge is 0.219 e. The highest BCUT2D eigenvalue weighted by Gasteiger charge is 2.25. The molecule has 0 heterocycles. The Morgan fingerprint density at radius 2 is 1.71 bits per heavy atom. The Morgan fingerprint density at radius 1 is 1.03 bits per heavy atom. The van der Waals surface area contributed by atoms with Crippen LogP contribution in [-0.2, 0) is 15.6 Å². The first kappa shape index (κ1) is 22.6. The van der Waals surface area contributed by atoms with Gasteiger partial charge in [-0.1, -0.05) is 48.0 Å². The van der Waals surface area contributed by atoms with Gasteiger partial charge in [-0.3, -0.25) is 0 Å². The Bertz CT molecular complexity index is 1250. The second kappa shape index (κ2) is 9.82. The monoisotopic (exact) mass is 452 g/mol. The van der Waals surface area contributed by atoms with Crippen LogP contribution in [0.2, 0.25) is 0 Å². The summed E-state index contributed by atoms with van der Waals surface area (Å²) >= 11 is 1.19. The van der Waals surface area contributed by atoms with Gasteiger partial charge in [0, 0.05) is 11.4 Å². The van der Waals surface area contributed by atoms with Crippen LogP contribution in [0, 0.1) is 31.0 Å². The molecule has 0 amide bonds. The molecule has 0 saturated carbocycles. The van der Waals surface area contributed by atoms with Crippen molar-refractivity contribution < 1.29 is 12.8 Å². The normalized spacial score (nSPS) is 12.1. The Labute approximate surface area is 186 Å². The first-order valence-electron chi connectivity index (χ1n) is 9.47. The zero-order valence-electron chi connectivity index (χ0n) is 17.1. The SMILES string of the molecule is Cc1ccc(NC(SCc2ccc(F)cc2)=C(C#N)S(=O)(=O)c2ccccc2)c(C)c1. The van der Waals surface area contributed by atoms with E-state index in [-0.39, 0.29) is 20.6 Å². The highest BCUT2D eigenvalue weighted by molar-refractivity contribution is 8.04. The van der Waals surface area contributed by atoms with E-state index in [9.17, 15) is 18.1 Å². The van der Waals surface area contributed by atoms with E-state index >= 15 is 0 Å². The van der Waals surface area contributed by atoms with Crippen molar-refractivity contribution in [2.24, 2.45) is 0 Å². The van der Waals surface area contributed by atoms with Gasteiger partial charge < -0.3 is 5.32 Å². The van der Waals surface area contributed by atoms with E-state index in [1.165, 1.54) is 36.0 Å². The second-order valence-electron chi connectivity index (χ2n) is 6.95. The number of thioether (sulfide) groups is 1. The van der Waals surface area contributed by atoms with Crippen LogP contribution in [0.3, 0.4) is 0 Å². The molecule has 158 valence electrons. The lowest BCUT2D eigenvalue weighted by Crippen LogP contribution is -2.10. The summed E-state index contributed by atoms with van der Waals surface area (Å²) in [4.78, 5) is -0.306. The minimum absolute atomic E-state index is 0.0499. The van der Waals surface area contributed by atoms with Gasteiger partial charge in [0.05, 0.1) is 4.90 Å². The highest BCUT2D eigenvalue weighted by Crippen LogP contribution is 2.32. The van der Waals surface area contributed by atoms with Crippen LogP contribution >= 0.6 is 11.8 Å². The zero-order valence-corrected chi connectivity index (χ0v) is 18.7. The number of aryl methyl sites for hydroxylation is 2. The van der Waals surface area contributed by atoms with Gasteiger partial charge >= 0.3 is 0 Å². The molecule has 0 radical (unpaired) electrons. The van der Waals surface area contributed by atoms with Crippen molar-refractivity contribution >= 4 is 27.3 Å². The van der Waals surface area contributed by atoms with E-state index in [2.05, 4.69) is 5.32 Å². The van der Waals surface area contributed by atoms with Crippen LogP contribution in [-0.4, -0.2) is 8.42 Å². The molecule has 0 aromatic heterocycles. The van der Waals surface area contributed by atoms with Crippen LogP contribution in [0.1, 0.15) is 16.7 Å². The van der Waals surface area contributed by atoms with Gasteiger partial charge in [0.15, 0.2) is 4.91 Å². The fraction of sp³-hybridized carbons (Fsp3) is 0.125. The summed E-state index contributed by atoms with van der Waals surface area (Å²) in [5, 5.41) is 13.2. The van der Waals surface area contributed by atoms with Crippen LogP contribution in [0.15, 0.2) is 87.6 Å². The summed E-state index contributed by atoms with van der Waals surface area (Å²) in [5.74, 6) is 0.0190. The van der Waals surface area contributed by atoms with Crippen molar-refractivity contribution in [3.05, 3.63) is 105 Å². The molecule has 4 nitrogen and oxygen atoms in total. The predicted octanol–water partition coefficient (Wildman–Crippen LogP) is 5.95. The van der Waals surface area contributed by atoms with Gasteiger partial charge in [0.25, 0.3) is 0 Å². The molecule has 0 aliphatic carbocycles. The lowest BCUT2D eigenvalue weighted by molar-refractivity contribution is 0.603. The molecular formula is C24H21FN2O2S2. The molecule has 1 N–H and O–H groups in total. The van der Waals surface area contributed by atoms with Crippen LogP contribution in [0.5, 0.6) is 0 Å². The Hall–Kier alpha value is -3.08. The Kier molecular flexibility index (Phi) is 7.16. The summed E-state index contributed by atoms with van der Waals surface area (Å²) in [6.45, 7) is 3.88. The van der Waals surface area contributed by atoms with E-state index < -0.39 is 9.84 Å².